The zero-order chi connectivity index (χ0) is 13.7. The summed E-state index contributed by atoms with van der Waals surface area (Å²) < 4.78 is 0. The highest BCUT2D eigenvalue weighted by atomic mass is 16.4. The van der Waals surface area contributed by atoms with E-state index in [1.165, 1.54) is 12.8 Å². The number of aromatic carboxylic acids is 1. The van der Waals surface area contributed by atoms with Crippen LogP contribution in [-0.4, -0.2) is 29.1 Å². The first-order chi connectivity index (χ1) is 9.72. The fraction of sp³-hybridized carbons (Fsp3) is 0.500. The van der Waals surface area contributed by atoms with Gasteiger partial charge in [-0.3, -0.25) is 0 Å². The Morgan fingerprint density at radius 3 is 2.35 bits per heavy atom. The van der Waals surface area contributed by atoms with E-state index in [0.29, 0.717) is 0 Å². The SMILES string of the molecule is O=C(O)c1cccc(N2CC3C4C=CC(CC4)C3C2)n1. The maximum absolute atomic E-state index is 11.0. The van der Waals surface area contributed by atoms with Gasteiger partial charge in [-0.1, -0.05) is 18.2 Å². The topological polar surface area (TPSA) is 53.4 Å². The molecule has 20 heavy (non-hydrogen) atoms. The number of anilines is 1. The summed E-state index contributed by atoms with van der Waals surface area (Å²) in [6.07, 6.45) is 7.44. The van der Waals surface area contributed by atoms with E-state index in [1.807, 2.05) is 6.07 Å². The van der Waals surface area contributed by atoms with Crippen molar-refractivity contribution in [1.82, 2.24) is 4.98 Å². The Morgan fingerprint density at radius 1 is 1.15 bits per heavy atom. The van der Waals surface area contributed by atoms with E-state index < -0.39 is 5.97 Å². The predicted octanol–water partition coefficient (Wildman–Crippen LogP) is 2.43. The lowest BCUT2D eigenvalue weighted by molar-refractivity contribution is 0.0690. The minimum absolute atomic E-state index is 0.137. The van der Waals surface area contributed by atoms with Gasteiger partial charge in [-0.05, 0) is 48.6 Å². The van der Waals surface area contributed by atoms with E-state index in [0.717, 1.165) is 42.6 Å². The number of hydrogen-bond acceptors (Lipinski definition) is 3. The Kier molecular flexibility index (Phi) is 2.59. The van der Waals surface area contributed by atoms with Gasteiger partial charge < -0.3 is 10.0 Å². The maximum Gasteiger partial charge on any atom is 0.354 e. The minimum atomic E-state index is -0.954. The molecular weight excluding hydrogens is 252 g/mol. The first kappa shape index (κ1) is 11.9. The molecule has 0 spiro atoms. The second-order valence-electron chi connectivity index (χ2n) is 6.21. The Hall–Kier alpha value is -1.84. The average molecular weight is 270 g/mol. The molecule has 2 bridgehead atoms. The second kappa shape index (κ2) is 4.33. The van der Waals surface area contributed by atoms with E-state index in [2.05, 4.69) is 22.0 Å². The molecule has 4 unspecified atom stereocenters. The van der Waals surface area contributed by atoms with E-state index in [9.17, 15) is 4.79 Å². The molecule has 2 heterocycles. The lowest BCUT2D eigenvalue weighted by Gasteiger charge is -2.40. The number of fused-ring (bicyclic) bond motifs is 1. The van der Waals surface area contributed by atoms with E-state index in [1.54, 1.807) is 12.1 Å². The number of hydrogen-bond donors (Lipinski definition) is 1. The van der Waals surface area contributed by atoms with Crippen molar-refractivity contribution >= 4 is 11.8 Å². The molecule has 104 valence electrons. The maximum atomic E-state index is 11.0. The summed E-state index contributed by atoms with van der Waals surface area (Å²) in [5.41, 5.74) is 0.137. The third kappa shape index (κ3) is 1.74. The molecule has 4 atom stereocenters. The number of rotatable bonds is 2. The molecule has 4 aliphatic rings. The van der Waals surface area contributed by atoms with Crippen LogP contribution in [0.25, 0.3) is 0 Å². The number of pyridine rings is 1. The first-order valence-electron chi connectivity index (χ1n) is 7.36. The van der Waals surface area contributed by atoms with Gasteiger partial charge >= 0.3 is 5.97 Å². The van der Waals surface area contributed by atoms with Crippen LogP contribution in [0, 0.1) is 23.7 Å². The standard InChI is InChI=1S/C16H18N2O2/c19-16(20)14-2-1-3-15(17-14)18-8-12-10-4-5-11(7-6-10)13(12)9-18/h1-5,10-13H,6-9H2,(H,19,20). The van der Waals surface area contributed by atoms with Gasteiger partial charge in [0.2, 0.25) is 0 Å². The predicted molar refractivity (Wildman–Crippen MR) is 75.7 cm³/mol. The van der Waals surface area contributed by atoms with E-state index >= 15 is 0 Å². The highest BCUT2D eigenvalue weighted by Gasteiger charge is 2.46. The number of carboxylic acids is 1. The smallest absolute Gasteiger partial charge is 0.354 e. The average Bonchev–Trinajstić information content (AvgIpc) is 2.96. The van der Waals surface area contributed by atoms with Crippen LogP contribution in [0.5, 0.6) is 0 Å². The normalized spacial score (nSPS) is 34.3. The fourth-order valence-electron chi connectivity index (χ4n) is 4.24. The van der Waals surface area contributed by atoms with E-state index in [-0.39, 0.29) is 5.69 Å². The fourth-order valence-corrected chi connectivity index (χ4v) is 4.24. The van der Waals surface area contributed by atoms with Crippen molar-refractivity contribution in [2.75, 3.05) is 18.0 Å². The van der Waals surface area contributed by atoms with Crippen molar-refractivity contribution in [1.29, 1.82) is 0 Å². The van der Waals surface area contributed by atoms with Crippen LogP contribution in [0.15, 0.2) is 30.4 Å². The lowest BCUT2D eigenvalue weighted by Crippen LogP contribution is -2.35. The number of carboxylic acid groups (broad SMARTS) is 1. The molecule has 1 saturated heterocycles. The lowest BCUT2D eigenvalue weighted by atomic mass is 9.64. The molecule has 1 aliphatic heterocycles. The molecule has 5 rings (SSSR count). The third-order valence-corrected chi connectivity index (χ3v) is 5.23. The van der Waals surface area contributed by atoms with Crippen molar-refractivity contribution in [3.8, 4) is 0 Å². The van der Waals surface area contributed by atoms with Crippen molar-refractivity contribution in [3.63, 3.8) is 0 Å². The number of carbonyl (C=O) groups is 1. The second-order valence-corrected chi connectivity index (χ2v) is 6.21. The van der Waals surface area contributed by atoms with Crippen LogP contribution in [0.1, 0.15) is 23.3 Å². The molecule has 0 aromatic carbocycles. The van der Waals surface area contributed by atoms with E-state index in [4.69, 9.17) is 5.11 Å². The Balaban J connectivity index is 1.60. The largest absolute Gasteiger partial charge is 0.477 e. The zero-order valence-corrected chi connectivity index (χ0v) is 11.3. The summed E-state index contributed by atoms with van der Waals surface area (Å²) in [4.78, 5) is 17.6. The molecule has 2 fully saturated rings. The summed E-state index contributed by atoms with van der Waals surface area (Å²) in [6.45, 7) is 2.04. The molecule has 1 saturated carbocycles. The Labute approximate surface area is 118 Å². The Morgan fingerprint density at radius 2 is 1.80 bits per heavy atom. The Bertz CT molecular complexity index is 562. The van der Waals surface area contributed by atoms with Crippen LogP contribution in [-0.2, 0) is 0 Å². The molecule has 4 heteroatoms. The molecule has 1 aromatic heterocycles. The van der Waals surface area contributed by atoms with Gasteiger partial charge in [-0.2, -0.15) is 0 Å². The molecular formula is C16H18N2O2. The molecule has 1 N–H and O–H groups in total. The zero-order valence-electron chi connectivity index (χ0n) is 11.3. The number of nitrogens with zero attached hydrogens (tertiary/aromatic N) is 2. The van der Waals surface area contributed by atoms with Gasteiger partial charge in [-0.25, -0.2) is 9.78 Å². The highest BCUT2D eigenvalue weighted by Crippen LogP contribution is 2.48. The van der Waals surface area contributed by atoms with Crippen LogP contribution in [0.4, 0.5) is 5.82 Å². The minimum Gasteiger partial charge on any atom is -0.477 e. The van der Waals surface area contributed by atoms with Crippen molar-refractivity contribution in [2.24, 2.45) is 23.7 Å². The van der Waals surface area contributed by atoms with Crippen molar-refractivity contribution < 1.29 is 9.90 Å². The molecule has 0 amide bonds. The molecule has 4 nitrogen and oxygen atoms in total. The molecule has 0 radical (unpaired) electrons. The van der Waals surface area contributed by atoms with Crippen LogP contribution >= 0.6 is 0 Å². The van der Waals surface area contributed by atoms with Crippen molar-refractivity contribution in [3.05, 3.63) is 36.0 Å². The summed E-state index contributed by atoms with van der Waals surface area (Å²) in [5, 5.41) is 9.06. The summed E-state index contributed by atoms with van der Waals surface area (Å²) in [6, 6.07) is 5.28. The van der Waals surface area contributed by atoms with Gasteiger partial charge in [0.15, 0.2) is 5.69 Å². The van der Waals surface area contributed by atoms with Crippen LogP contribution in [0.2, 0.25) is 0 Å². The van der Waals surface area contributed by atoms with Crippen molar-refractivity contribution in [2.45, 2.75) is 12.8 Å². The van der Waals surface area contributed by atoms with Crippen LogP contribution < -0.4 is 4.90 Å². The van der Waals surface area contributed by atoms with Gasteiger partial charge in [0, 0.05) is 13.1 Å². The first-order valence-corrected chi connectivity index (χ1v) is 7.36. The summed E-state index contributed by atoms with van der Waals surface area (Å²) >= 11 is 0. The van der Waals surface area contributed by atoms with Gasteiger partial charge in [0.05, 0.1) is 0 Å². The number of aromatic nitrogens is 1. The van der Waals surface area contributed by atoms with Gasteiger partial charge in [0.1, 0.15) is 5.82 Å². The van der Waals surface area contributed by atoms with Crippen LogP contribution in [0.3, 0.4) is 0 Å². The summed E-state index contributed by atoms with van der Waals surface area (Å²) in [5.74, 6) is 2.77. The summed E-state index contributed by atoms with van der Waals surface area (Å²) in [7, 11) is 0. The van der Waals surface area contributed by atoms with Gasteiger partial charge in [0.25, 0.3) is 0 Å². The molecule has 1 aromatic rings. The van der Waals surface area contributed by atoms with Gasteiger partial charge in [-0.15, -0.1) is 0 Å². The highest BCUT2D eigenvalue weighted by molar-refractivity contribution is 5.85. The monoisotopic (exact) mass is 270 g/mol. The number of allylic oxidation sites excluding steroid dienone is 2. The quantitative estimate of drug-likeness (QED) is 0.839. The third-order valence-electron chi connectivity index (χ3n) is 5.23. The molecule has 3 aliphatic carbocycles.